The van der Waals surface area contributed by atoms with E-state index in [0.29, 0.717) is 10.0 Å². The lowest BCUT2D eigenvalue weighted by molar-refractivity contribution is 1.20. The van der Waals surface area contributed by atoms with E-state index in [4.69, 9.17) is 11.6 Å². The van der Waals surface area contributed by atoms with Gasteiger partial charge < -0.3 is 0 Å². The van der Waals surface area contributed by atoms with Crippen LogP contribution in [0, 0.1) is 0 Å². The number of rotatable bonds is 0. The van der Waals surface area contributed by atoms with Crippen LogP contribution in [0.2, 0.25) is 5.02 Å². The number of aromatic nitrogens is 1. The smallest absolute Gasteiger partial charge is 0.112 e. The molecule has 1 nitrogen and oxygen atoms in total. The molecule has 0 amide bonds. The summed E-state index contributed by atoms with van der Waals surface area (Å²) >= 11 is 9.98. The molecule has 0 spiro atoms. The van der Waals surface area contributed by atoms with Crippen LogP contribution < -0.4 is 0 Å². The normalized spacial score (nSPS) is 10.5. The predicted octanol–water partition coefficient (Wildman–Crippen LogP) is 3.18. The van der Waals surface area contributed by atoms with E-state index in [1.54, 1.807) is 0 Å². The maximum Gasteiger partial charge on any atom is 0.112 e. The molecule has 0 atom stereocenters. The second-order valence-corrected chi connectivity index (χ2v) is 3.32. The lowest BCUT2D eigenvalue weighted by atomic mass is 10.2. The first-order valence-corrected chi connectivity index (χ1v) is 4.34. The van der Waals surface area contributed by atoms with Crippen molar-refractivity contribution in [2.75, 3.05) is 0 Å². The van der Waals surface area contributed by atoms with Crippen LogP contribution in [0.1, 0.15) is 0 Å². The molecule has 12 heavy (non-hydrogen) atoms. The molecule has 0 N–H and O–H groups in total. The number of benzene rings is 1. The summed E-state index contributed by atoms with van der Waals surface area (Å²) in [5.41, 5.74) is 0.923. The highest BCUT2D eigenvalue weighted by atomic mass is 35.5. The first-order valence-electron chi connectivity index (χ1n) is 3.51. The van der Waals surface area contributed by atoms with E-state index >= 15 is 0 Å². The number of thiol groups is 1. The predicted molar refractivity (Wildman–Crippen MR) is 54.0 cm³/mol. The van der Waals surface area contributed by atoms with Gasteiger partial charge in [-0.1, -0.05) is 29.8 Å². The Bertz CT molecular complexity index is 387. The number of nitrogens with zero attached hydrogens (tertiary/aromatic N) is 1. The van der Waals surface area contributed by atoms with Crippen molar-refractivity contribution in [3.63, 3.8) is 0 Å². The van der Waals surface area contributed by atoms with Gasteiger partial charge in [0.15, 0.2) is 0 Å². The minimum Gasteiger partial charge on any atom is -0.240 e. The van der Waals surface area contributed by atoms with Crippen molar-refractivity contribution in [1.82, 2.24) is 4.98 Å². The number of para-hydroxylation sites is 1. The molecule has 0 saturated carbocycles. The molecule has 1 aromatic carbocycles. The van der Waals surface area contributed by atoms with Crippen molar-refractivity contribution < 1.29 is 0 Å². The summed E-state index contributed by atoms with van der Waals surface area (Å²) in [6, 6.07) is 9.67. The third-order valence-corrected chi connectivity index (χ3v) is 2.42. The third-order valence-electron chi connectivity index (χ3n) is 1.66. The average molecular weight is 196 g/mol. The van der Waals surface area contributed by atoms with Crippen LogP contribution >= 0.6 is 24.2 Å². The van der Waals surface area contributed by atoms with E-state index in [9.17, 15) is 0 Å². The summed E-state index contributed by atoms with van der Waals surface area (Å²) in [6.07, 6.45) is 0. The summed E-state index contributed by atoms with van der Waals surface area (Å²) in [6.45, 7) is 0. The second kappa shape index (κ2) is 2.96. The fourth-order valence-electron chi connectivity index (χ4n) is 1.08. The first kappa shape index (κ1) is 7.90. The maximum atomic E-state index is 5.85. The Labute approximate surface area is 80.8 Å². The Morgan fingerprint density at radius 2 is 2.00 bits per heavy atom. The first-order chi connectivity index (χ1) is 5.77. The van der Waals surface area contributed by atoms with Gasteiger partial charge in [-0.3, -0.25) is 0 Å². The largest absolute Gasteiger partial charge is 0.240 e. The number of hydrogen-bond donors (Lipinski definition) is 1. The minimum absolute atomic E-state index is 0.579. The summed E-state index contributed by atoms with van der Waals surface area (Å²) in [4.78, 5) is 4.21. The van der Waals surface area contributed by atoms with Crippen LogP contribution in [-0.4, -0.2) is 4.98 Å². The Morgan fingerprint density at radius 3 is 2.83 bits per heavy atom. The number of halogens is 1. The second-order valence-electron chi connectivity index (χ2n) is 2.49. The van der Waals surface area contributed by atoms with Crippen LogP contribution in [-0.2, 0) is 0 Å². The molecule has 0 fully saturated rings. The van der Waals surface area contributed by atoms with Crippen molar-refractivity contribution >= 4 is 35.1 Å². The maximum absolute atomic E-state index is 5.85. The van der Waals surface area contributed by atoms with Crippen molar-refractivity contribution in [1.29, 1.82) is 0 Å². The molecule has 1 heterocycles. The molecule has 1 aromatic heterocycles. The molecule has 0 aliphatic rings. The van der Waals surface area contributed by atoms with Gasteiger partial charge in [0, 0.05) is 5.39 Å². The molecule has 60 valence electrons. The molecular weight excluding hydrogens is 190 g/mol. The Kier molecular flexibility index (Phi) is 1.95. The standard InChI is InChI=1S/C9H6ClNS/c10-7-5-6-3-1-2-4-8(6)11-9(7)12/h1-5H,(H,11,12). The molecule has 0 aliphatic carbocycles. The van der Waals surface area contributed by atoms with Gasteiger partial charge in [0.1, 0.15) is 5.03 Å². The minimum atomic E-state index is 0.579. The van der Waals surface area contributed by atoms with E-state index in [1.165, 1.54) is 0 Å². The van der Waals surface area contributed by atoms with Crippen molar-refractivity contribution in [2.24, 2.45) is 0 Å². The van der Waals surface area contributed by atoms with Gasteiger partial charge in [-0.15, -0.1) is 12.6 Å². The molecular formula is C9H6ClNS. The highest BCUT2D eigenvalue weighted by molar-refractivity contribution is 7.80. The molecule has 0 radical (unpaired) electrons. The Balaban J connectivity index is 2.84. The zero-order chi connectivity index (χ0) is 8.55. The van der Waals surface area contributed by atoms with Gasteiger partial charge in [0.25, 0.3) is 0 Å². The molecule has 0 aliphatic heterocycles. The van der Waals surface area contributed by atoms with Gasteiger partial charge in [-0.25, -0.2) is 4.98 Å². The Morgan fingerprint density at radius 1 is 1.25 bits per heavy atom. The van der Waals surface area contributed by atoms with Gasteiger partial charge >= 0.3 is 0 Å². The van der Waals surface area contributed by atoms with Crippen LogP contribution in [0.4, 0.5) is 0 Å². The fraction of sp³-hybridized carbons (Fsp3) is 0. The van der Waals surface area contributed by atoms with E-state index in [2.05, 4.69) is 17.6 Å². The molecule has 0 bridgehead atoms. The van der Waals surface area contributed by atoms with E-state index < -0.39 is 0 Å². The molecule has 2 rings (SSSR count). The molecule has 0 saturated heterocycles. The lowest BCUT2D eigenvalue weighted by Gasteiger charge is -1.99. The number of pyridine rings is 1. The Hall–Kier alpha value is -0.730. The summed E-state index contributed by atoms with van der Waals surface area (Å²) < 4.78 is 0. The van der Waals surface area contributed by atoms with E-state index in [1.807, 2.05) is 30.3 Å². The third kappa shape index (κ3) is 1.28. The number of hydrogen-bond acceptors (Lipinski definition) is 2. The van der Waals surface area contributed by atoms with Gasteiger partial charge in [-0.2, -0.15) is 0 Å². The summed E-state index contributed by atoms with van der Waals surface area (Å²) in [5.74, 6) is 0. The molecule has 2 aromatic rings. The SMILES string of the molecule is Sc1nc2ccccc2cc1Cl. The lowest BCUT2D eigenvalue weighted by Crippen LogP contribution is -1.80. The van der Waals surface area contributed by atoms with Crippen molar-refractivity contribution in [3.8, 4) is 0 Å². The average Bonchev–Trinajstić information content (AvgIpc) is 2.07. The topological polar surface area (TPSA) is 12.9 Å². The molecule has 0 unspecified atom stereocenters. The summed E-state index contributed by atoms with van der Waals surface area (Å²) in [7, 11) is 0. The monoisotopic (exact) mass is 195 g/mol. The molecule has 3 heteroatoms. The zero-order valence-electron chi connectivity index (χ0n) is 6.16. The van der Waals surface area contributed by atoms with Crippen LogP contribution in [0.15, 0.2) is 35.4 Å². The highest BCUT2D eigenvalue weighted by Gasteiger charge is 1.99. The van der Waals surface area contributed by atoms with Crippen LogP contribution in [0.3, 0.4) is 0 Å². The quantitative estimate of drug-likeness (QED) is 0.638. The van der Waals surface area contributed by atoms with E-state index in [0.717, 1.165) is 10.9 Å². The zero-order valence-corrected chi connectivity index (χ0v) is 7.81. The van der Waals surface area contributed by atoms with Crippen molar-refractivity contribution in [2.45, 2.75) is 5.03 Å². The van der Waals surface area contributed by atoms with Gasteiger partial charge in [0.05, 0.1) is 10.5 Å². The van der Waals surface area contributed by atoms with Crippen molar-refractivity contribution in [3.05, 3.63) is 35.4 Å². The van der Waals surface area contributed by atoms with Gasteiger partial charge in [0.2, 0.25) is 0 Å². The van der Waals surface area contributed by atoms with Crippen LogP contribution in [0.5, 0.6) is 0 Å². The van der Waals surface area contributed by atoms with Gasteiger partial charge in [-0.05, 0) is 12.1 Å². The number of fused-ring (bicyclic) bond motifs is 1. The highest BCUT2D eigenvalue weighted by Crippen LogP contribution is 2.22. The van der Waals surface area contributed by atoms with Crippen LogP contribution in [0.25, 0.3) is 10.9 Å². The fourth-order valence-corrected chi connectivity index (χ4v) is 1.41. The summed E-state index contributed by atoms with van der Waals surface area (Å²) in [5, 5.41) is 2.22. The van der Waals surface area contributed by atoms with E-state index in [-0.39, 0.29) is 0 Å².